The van der Waals surface area contributed by atoms with E-state index >= 15 is 4.39 Å². The molecule has 47 heavy (non-hydrogen) atoms. The Morgan fingerprint density at radius 1 is 1.04 bits per heavy atom. The molecule has 4 fully saturated rings. The van der Waals surface area contributed by atoms with Crippen molar-refractivity contribution in [1.29, 1.82) is 5.26 Å². The molecule has 4 atom stereocenters. The fourth-order valence-electron chi connectivity index (χ4n) is 6.84. The molecule has 1 unspecified atom stereocenters. The van der Waals surface area contributed by atoms with Crippen LogP contribution < -0.4 is 15.0 Å². The normalized spacial score (nSPS) is 25.2. The topological polar surface area (TPSA) is 140 Å². The van der Waals surface area contributed by atoms with Gasteiger partial charge in [0.25, 0.3) is 0 Å². The van der Waals surface area contributed by atoms with Crippen LogP contribution >= 0.6 is 0 Å². The highest BCUT2D eigenvalue weighted by Gasteiger charge is 2.38. The molecule has 13 heteroatoms. The van der Waals surface area contributed by atoms with Crippen molar-refractivity contribution < 1.29 is 23.8 Å². The van der Waals surface area contributed by atoms with E-state index in [1.165, 1.54) is 16.9 Å². The monoisotopic (exact) mass is 642 g/mol. The molecule has 1 amide bonds. The van der Waals surface area contributed by atoms with Gasteiger partial charge in [-0.1, -0.05) is 0 Å². The Hall–Kier alpha value is -4.38. The third-order valence-electron chi connectivity index (χ3n) is 9.70. The summed E-state index contributed by atoms with van der Waals surface area (Å²) in [5.74, 6) is 0.671. The van der Waals surface area contributed by atoms with Crippen molar-refractivity contribution in [3.05, 3.63) is 54.4 Å². The highest BCUT2D eigenvalue weighted by molar-refractivity contribution is 5.79. The van der Waals surface area contributed by atoms with Crippen molar-refractivity contribution in [2.45, 2.75) is 50.1 Å². The Balaban J connectivity index is 0.955. The van der Waals surface area contributed by atoms with Crippen molar-refractivity contribution in [2.75, 3.05) is 62.7 Å². The van der Waals surface area contributed by atoms with E-state index in [0.29, 0.717) is 55.6 Å². The van der Waals surface area contributed by atoms with Gasteiger partial charge in [-0.3, -0.25) is 9.69 Å². The van der Waals surface area contributed by atoms with Crippen molar-refractivity contribution >= 4 is 23.2 Å². The number of piperidine rings is 1. The maximum atomic E-state index is 15.2. The van der Waals surface area contributed by atoms with Gasteiger partial charge in [0.1, 0.15) is 24.3 Å². The molecule has 0 spiro atoms. The number of nitrogens with one attached hydrogen (secondary N) is 1. The van der Waals surface area contributed by atoms with Crippen LogP contribution in [0.2, 0.25) is 0 Å². The van der Waals surface area contributed by atoms with Gasteiger partial charge >= 0.3 is 0 Å². The number of nitrogens with zero attached hydrogens (tertiary/aromatic N) is 7. The Morgan fingerprint density at radius 3 is 2.53 bits per heavy atom. The van der Waals surface area contributed by atoms with Crippen LogP contribution in [0.25, 0.3) is 11.4 Å². The second-order valence-corrected chi connectivity index (χ2v) is 12.8. The van der Waals surface area contributed by atoms with Gasteiger partial charge in [-0.2, -0.15) is 10.2 Å². The number of aliphatic hydroxyl groups is 1. The number of nitriles is 1. The van der Waals surface area contributed by atoms with E-state index < -0.39 is 18.4 Å². The lowest BCUT2D eigenvalue weighted by Gasteiger charge is -2.43. The second kappa shape index (κ2) is 13.8. The first-order valence-corrected chi connectivity index (χ1v) is 16.4. The Kier molecular flexibility index (Phi) is 9.15. The highest BCUT2D eigenvalue weighted by Crippen LogP contribution is 2.31. The molecule has 3 aliphatic heterocycles. The first-order valence-electron chi connectivity index (χ1n) is 16.4. The lowest BCUT2D eigenvalue weighted by Crippen LogP contribution is -2.56. The summed E-state index contributed by atoms with van der Waals surface area (Å²) in [4.78, 5) is 32.4. The molecule has 1 aliphatic carbocycles. The van der Waals surface area contributed by atoms with Crippen molar-refractivity contribution in [3.63, 3.8) is 0 Å². The summed E-state index contributed by atoms with van der Waals surface area (Å²) in [6, 6.07) is 15.9. The summed E-state index contributed by atoms with van der Waals surface area (Å²) in [6.07, 6.45) is 0.765. The van der Waals surface area contributed by atoms with E-state index in [0.717, 1.165) is 45.1 Å². The number of benzene rings is 2. The number of aromatic nitrogens is 3. The molecule has 0 bridgehead atoms. The number of aliphatic hydroxyl groups excluding tert-OH is 1. The first-order chi connectivity index (χ1) is 22.9. The minimum Gasteiger partial charge on any atom is -0.486 e. The third kappa shape index (κ3) is 7.00. The van der Waals surface area contributed by atoms with Crippen molar-refractivity contribution in [1.82, 2.24) is 24.8 Å². The Morgan fingerprint density at radius 2 is 1.85 bits per heavy atom. The van der Waals surface area contributed by atoms with Crippen molar-refractivity contribution in [2.24, 2.45) is 5.92 Å². The SMILES string of the molecule is N#Cc1cc(-c2ncnc(Nc3ccc(N4CCN(C5COC5)CC4)cc3)n2)ccc1O[C@H]1CCN(C(=O)C2CC[C@@H](O)C2)C[C@H]1F. The minimum absolute atomic E-state index is 0.0625. The van der Waals surface area contributed by atoms with E-state index in [4.69, 9.17) is 9.47 Å². The summed E-state index contributed by atoms with van der Waals surface area (Å²) < 4.78 is 26.5. The van der Waals surface area contributed by atoms with Gasteiger partial charge in [0.05, 0.1) is 37.5 Å². The summed E-state index contributed by atoms with van der Waals surface area (Å²) in [7, 11) is 0. The Labute approximate surface area is 273 Å². The quantitative estimate of drug-likeness (QED) is 0.375. The number of carbonyl (C=O) groups is 1. The van der Waals surface area contributed by atoms with Crippen LogP contribution in [0.3, 0.4) is 0 Å². The van der Waals surface area contributed by atoms with Crippen LogP contribution in [0.15, 0.2) is 48.8 Å². The van der Waals surface area contributed by atoms with Crippen LogP contribution in [-0.4, -0.2) is 113 Å². The van der Waals surface area contributed by atoms with Crippen molar-refractivity contribution in [3.8, 4) is 23.2 Å². The zero-order valence-electron chi connectivity index (χ0n) is 26.2. The van der Waals surface area contributed by atoms with Gasteiger partial charge in [0.15, 0.2) is 12.0 Å². The number of carbonyl (C=O) groups excluding carboxylic acids is 1. The highest BCUT2D eigenvalue weighted by atomic mass is 19.1. The number of piperazine rings is 1. The van der Waals surface area contributed by atoms with Crippen LogP contribution in [0.5, 0.6) is 5.75 Å². The molecule has 2 aromatic carbocycles. The predicted octanol–water partition coefficient (Wildman–Crippen LogP) is 3.15. The van der Waals surface area contributed by atoms with Gasteiger partial charge in [-0.25, -0.2) is 14.4 Å². The number of ether oxygens (including phenoxy) is 2. The lowest BCUT2D eigenvalue weighted by atomic mass is 10.0. The van der Waals surface area contributed by atoms with E-state index in [1.54, 1.807) is 18.2 Å². The first kappa shape index (κ1) is 31.2. The molecular formula is C34H39FN8O4. The van der Waals surface area contributed by atoms with Crippen LogP contribution in [-0.2, 0) is 9.53 Å². The smallest absolute Gasteiger partial charge is 0.230 e. The molecule has 4 aliphatic rings. The van der Waals surface area contributed by atoms with Gasteiger partial charge in [0.2, 0.25) is 11.9 Å². The standard InChI is InChI=1S/C34H39FN8O4/c35-29-18-43(33(45)23-1-7-28(44)16-23)10-9-31(29)47-30-8-2-22(15-24(30)17-36)32-37-21-38-34(40-32)39-25-3-5-26(6-4-25)41-11-13-42(14-12-41)27-19-46-20-27/h2-6,8,15,21,23,27-29,31,44H,1,7,9-14,16,18-20H2,(H,37,38,39,40)/t23?,28-,29-,31+/m1/s1. The number of rotatable bonds is 8. The molecule has 4 heterocycles. The number of hydrogen-bond donors (Lipinski definition) is 2. The summed E-state index contributed by atoms with van der Waals surface area (Å²) in [5, 5.41) is 22.9. The molecule has 1 saturated carbocycles. The maximum Gasteiger partial charge on any atom is 0.230 e. The average Bonchev–Trinajstić information content (AvgIpc) is 3.51. The molecular weight excluding hydrogens is 603 g/mol. The molecule has 1 aromatic heterocycles. The van der Waals surface area contributed by atoms with Gasteiger partial charge < -0.3 is 29.7 Å². The fraction of sp³-hybridized carbons (Fsp3) is 0.500. The molecule has 12 nitrogen and oxygen atoms in total. The van der Waals surface area contributed by atoms with Crippen LogP contribution in [0.1, 0.15) is 31.2 Å². The van der Waals surface area contributed by atoms with E-state index in [-0.39, 0.29) is 29.7 Å². The summed E-state index contributed by atoms with van der Waals surface area (Å²) in [5.41, 5.74) is 2.84. The number of halogens is 1. The number of alkyl halides is 1. The van der Waals surface area contributed by atoms with E-state index in [2.05, 4.69) is 48.3 Å². The zero-order chi connectivity index (χ0) is 32.3. The number of likely N-dealkylation sites (tertiary alicyclic amines) is 1. The number of hydrogen-bond acceptors (Lipinski definition) is 11. The Bertz CT molecular complexity index is 1610. The summed E-state index contributed by atoms with van der Waals surface area (Å²) in [6.45, 7) is 6.03. The average molecular weight is 643 g/mol. The predicted molar refractivity (Wildman–Crippen MR) is 172 cm³/mol. The fourth-order valence-corrected chi connectivity index (χ4v) is 6.84. The van der Waals surface area contributed by atoms with E-state index in [9.17, 15) is 15.2 Å². The maximum absolute atomic E-state index is 15.2. The molecule has 3 aromatic rings. The molecule has 246 valence electrons. The number of amides is 1. The number of anilines is 3. The van der Waals surface area contributed by atoms with Crippen LogP contribution in [0, 0.1) is 17.2 Å². The molecule has 7 rings (SSSR count). The minimum atomic E-state index is -1.39. The second-order valence-electron chi connectivity index (χ2n) is 12.8. The van der Waals surface area contributed by atoms with Crippen LogP contribution in [0.4, 0.5) is 21.7 Å². The molecule has 2 N–H and O–H groups in total. The van der Waals surface area contributed by atoms with Gasteiger partial charge in [-0.05, 0) is 61.7 Å². The largest absolute Gasteiger partial charge is 0.486 e. The van der Waals surface area contributed by atoms with E-state index in [1.807, 2.05) is 12.1 Å². The molecule has 3 saturated heterocycles. The van der Waals surface area contributed by atoms with Gasteiger partial charge in [-0.15, -0.1) is 0 Å². The lowest BCUT2D eigenvalue weighted by molar-refractivity contribution is -0.139. The van der Waals surface area contributed by atoms with Gasteiger partial charge in [0, 0.05) is 62.0 Å². The summed E-state index contributed by atoms with van der Waals surface area (Å²) >= 11 is 0. The third-order valence-corrected chi connectivity index (χ3v) is 9.70. The zero-order valence-corrected chi connectivity index (χ0v) is 26.2. The molecule has 0 radical (unpaired) electrons.